The Kier molecular flexibility index (Phi) is 6.71. The largest absolute Gasteiger partial charge is 0.344 e. The van der Waals surface area contributed by atoms with Crippen LogP contribution in [0.1, 0.15) is 36.7 Å². The van der Waals surface area contributed by atoms with E-state index < -0.39 is 6.04 Å². The Bertz CT molecular complexity index is 846. The number of anilines is 2. The maximum Gasteiger partial charge on any atom is 0.255 e. The van der Waals surface area contributed by atoms with E-state index in [0.29, 0.717) is 16.9 Å². The molecular formula is C21H25N3O3. The maximum atomic E-state index is 12.5. The summed E-state index contributed by atoms with van der Waals surface area (Å²) in [7, 11) is 0. The molecule has 0 aliphatic rings. The number of benzene rings is 2. The quantitative estimate of drug-likeness (QED) is 0.732. The molecule has 0 saturated heterocycles. The van der Waals surface area contributed by atoms with Gasteiger partial charge in [-0.15, -0.1) is 0 Å². The van der Waals surface area contributed by atoms with E-state index in [1.54, 1.807) is 30.3 Å². The first-order valence-electron chi connectivity index (χ1n) is 8.82. The molecule has 0 bridgehead atoms. The van der Waals surface area contributed by atoms with Crippen LogP contribution < -0.4 is 16.0 Å². The second-order valence-electron chi connectivity index (χ2n) is 6.82. The summed E-state index contributed by atoms with van der Waals surface area (Å²) in [4.78, 5) is 36.2. The number of hydrogen-bond donors (Lipinski definition) is 3. The summed E-state index contributed by atoms with van der Waals surface area (Å²) in [5.41, 5.74) is 2.68. The van der Waals surface area contributed by atoms with Crippen molar-refractivity contribution in [2.24, 2.45) is 5.92 Å². The Hall–Kier alpha value is -3.15. The lowest BCUT2D eigenvalue weighted by atomic mass is 10.0. The molecule has 2 rings (SSSR count). The third-order valence-corrected chi connectivity index (χ3v) is 3.98. The lowest BCUT2D eigenvalue weighted by molar-refractivity contribution is -0.126. The Morgan fingerprint density at radius 3 is 2.11 bits per heavy atom. The van der Waals surface area contributed by atoms with E-state index in [1.807, 2.05) is 39.0 Å². The van der Waals surface area contributed by atoms with Gasteiger partial charge in [0.25, 0.3) is 5.91 Å². The highest BCUT2D eigenvalue weighted by atomic mass is 16.2. The van der Waals surface area contributed by atoms with Crippen molar-refractivity contribution in [3.8, 4) is 0 Å². The monoisotopic (exact) mass is 367 g/mol. The van der Waals surface area contributed by atoms with Crippen LogP contribution >= 0.6 is 0 Å². The summed E-state index contributed by atoms with van der Waals surface area (Å²) in [5.74, 6) is -0.844. The van der Waals surface area contributed by atoms with Gasteiger partial charge in [0.1, 0.15) is 6.04 Å². The zero-order valence-corrected chi connectivity index (χ0v) is 16.0. The first kappa shape index (κ1) is 20.2. The number of carbonyl (C=O) groups excluding carboxylic acids is 3. The highest BCUT2D eigenvalue weighted by Crippen LogP contribution is 2.17. The molecule has 0 radical (unpaired) electrons. The van der Waals surface area contributed by atoms with Crippen LogP contribution in [-0.2, 0) is 9.59 Å². The molecular weight excluding hydrogens is 342 g/mol. The van der Waals surface area contributed by atoms with Crippen molar-refractivity contribution in [2.75, 3.05) is 10.6 Å². The number of amides is 3. The van der Waals surface area contributed by atoms with Crippen molar-refractivity contribution in [3.63, 3.8) is 0 Å². The molecule has 0 aliphatic heterocycles. The molecule has 0 heterocycles. The summed E-state index contributed by atoms with van der Waals surface area (Å²) in [6.45, 7) is 7.02. The normalized spacial score (nSPS) is 11.6. The van der Waals surface area contributed by atoms with Crippen molar-refractivity contribution in [3.05, 3.63) is 59.7 Å². The Balaban J connectivity index is 2.09. The van der Waals surface area contributed by atoms with Gasteiger partial charge in [-0.1, -0.05) is 37.6 Å². The molecule has 1 atom stereocenters. The van der Waals surface area contributed by atoms with E-state index in [9.17, 15) is 14.4 Å². The van der Waals surface area contributed by atoms with E-state index in [-0.39, 0.29) is 23.6 Å². The summed E-state index contributed by atoms with van der Waals surface area (Å²) in [6.07, 6.45) is 0. The van der Waals surface area contributed by atoms with E-state index in [2.05, 4.69) is 16.0 Å². The number of nitrogens with one attached hydrogen (secondary N) is 3. The smallest absolute Gasteiger partial charge is 0.255 e. The standard InChI is InChI=1S/C21H25N3O3/c1-13(2)19(22-15(4)25)21(27)24-18-10-6-9-17(12-18)23-20(26)16-8-5-7-14(3)11-16/h5-13,19H,1-4H3,(H,22,25)(H,23,26)(H,24,27). The molecule has 27 heavy (non-hydrogen) atoms. The van der Waals surface area contributed by atoms with Crippen molar-refractivity contribution < 1.29 is 14.4 Å². The van der Waals surface area contributed by atoms with Gasteiger partial charge in [0.15, 0.2) is 0 Å². The van der Waals surface area contributed by atoms with Crippen molar-refractivity contribution in [1.29, 1.82) is 0 Å². The molecule has 0 spiro atoms. The van der Waals surface area contributed by atoms with Crippen LogP contribution in [0.15, 0.2) is 48.5 Å². The predicted molar refractivity (Wildman–Crippen MR) is 107 cm³/mol. The molecule has 6 heteroatoms. The summed E-state index contributed by atoms with van der Waals surface area (Å²) < 4.78 is 0. The van der Waals surface area contributed by atoms with Crippen LogP contribution in [0.4, 0.5) is 11.4 Å². The minimum Gasteiger partial charge on any atom is -0.344 e. The lowest BCUT2D eigenvalue weighted by Gasteiger charge is -2.21. The zero-order valence-electron chi connectivity index (χ0n) is 16.0. The number of aryl methyl sites for hydroxylation is 1. The molecule has 3 amide bonds. The lowest BCUT2D eigenvalue weighted by Crippen LogP contribution is -2.46. The molecule has 0 aromatic heterocycles. The molecule has 2 aromatic carbocycles. The first-order chi connectivity index (χ1) is 12.8. The molecule has 0 aliphatic carbocycles. The first-order valence-corrected chi connectivity index (χ1v) is 8.82. The van der Waals surface area contributed by atoms with Crippen LogP contribution in [0.2, 0.25) is 0 Å². The third-order valence-electron chi connectivity index (χ3n) is 3.98. The van der Waals surface area contributed by atoms with E-state index in [0.717, 1.165) is 5.56 Å². The fourth-order valence-corrected chi connectivity index (χ4v) is 2.64. The number of rotatable bonds is 6. The van der Waals surface area contributed by atoms with Crippen LogP contribution in [0, 0.1) is 12.8 Å². The zero-order chi connectivity index (χ0) is 20.0. The second-order valence-corrected chi connectivity index (χ2v) is 6.82. The Labute approximate surface area is 159 Å². The molecule has 0 fully saturated rings. The maximum absolute atomic E-state index is 12.5. The Morgan fingerprint density at radius 2 is 1.52 bits per heavy atom. The second kappa shape index (κ2) is 8.98. The third kappa shape index (κ3) is 5.95. The van der Waals surface area contributed by atoms with Gasteiger partial charge in [-0.3, -0.25) is 14.4 Å². The fraction of sp³-hybridized carbons (Fsp3) is 0.286. The van der Waals surface area contributed by atoms with E-state index in [4.69, 9.17) is 0 Å². The molecule has 142 valence electrons. The predicted octanol–water partition coefficient (Wildman–Crippen LogP) is 3.35. The fourth-order valence-electron chi connectivity index (χ4n) is 2.64. The minimum absolute atomic E-state index is 0.0573. The SMILES string of the molecule is CC(=O)NC(C(=O)Nc1cccc(NC(=O)c2cccc(C)c2)c1)C(C)C. The van der Waals surface area contributed by atoms with Gasteiger partial charge in [0.05, 0.1) is 0 Å². The number of carbonyl (C=O) groups is 3. The highest BCUT2D eigenvalue weighted by Gasteiger charge is 2.23. The molecule has 3 N–H and O–H groups in total. The van der Waals surface area contributed by atoms with Crippen LogP contribution in [0.5, 0.6) is 0 Å². The molecule has 0 saturated carbocycles. The molecule has 2 aromatic rings. The minimum atomic E-state index is -0.631. The van der Waals surface area contributed by atoms with Gasteiger partial charge in [-0.2, -0.15) is 0 Å². The summed E-state index contributed by atoms with van der Waals surface area (Å²) >= 11 is 0. The van der Waals surface area contributed by atoms with Crippen LogP contribution in [-0.4, -0.2) is 23.8 Å². The van der Waals surface area contributed by atoms with Crippen molar-refractivity contribution in [2.45, 2.75) is 33.7 Å². The van der Waals surface area contributed by atoms with Gasteiger partial charge in [0.2, 0.25) is 11.8 Å². The van der Waals surface area contributed by atoms with E-state index >= 15 is 0 Å². The Morgan fingerprint density at radius 1 is 0.889 bits per heavy atom. The van der Waals surface area contributed by atoms with Gasteiger partial charge in [0, 0.05) is 23.9 Å². The van der Waals surface area contributed by atoms with Crippen LogP contribution in [0.25, 0.3) is 0 Å². The topological polar surface area (TPSA) is 87.3 Å². The average Bonchev–Trinajstić information content (AvgIpc) is 2.59. The average molecular weight is 367 g/mol. The summed E-state index contributed by atoms with van der Waals surface area (Å²) in [5, 5.41) is 8.26. The van der Waals surface area contributed by atoms with Crippen LogP contribution in [0.3, 0.4) is 0 Å². The van der Waals surface area contributed by atoms with Crippen molar-refractivity contribution >= 4 is 29.1 Å². The van der Waals surface area contributed by atoms with Gasteiger partial charge in [-0.05, 0) is 43.2 Å². The molecule has 1 unspecified atom stereocenters. The van der Waals surface area contributed by atoms with Crippen molar-refractivity contribution in [1.82, 2.24) is 5.32 Å². The number of hydrogen-bond acceptors (Lipinski definition) is 3. The van der Waals surface area contributed by atoms with Gasteiger partial charge < -0.3 is 16.0 Å². The van der Waals surface area contributed by atoms with E-state index in [1.165, 1.54) is 6.92 Å². The van der Waals surface area contributed by atoms with Gasteiger partial charge in [-0.25, -0.2) is 0 Å². The summed E-state index contributed by atoms with van der Waals surface area (Å²) in [6, 6.07) is 13.6. The molecule has 6 nitrogen and oxygen atoms in total. The van der Waals surface area contributed by atoms with Gasteiger partial charge >= 0.3 is 0 Å². The highest BCUT2D eigenvalue weighted by molar-refractivity contribution is 6.05.